The highest BCUT2D eigenvalue weighted by molar-refractivity contribution is 6.35. The number of aromatic nitrogens is 2. The number of phenols is 1. The molecule has 4 nitrogen and oxygen atoms in total. The Hall–Kier alpha value is -3.08. The summed E-state index contributed by atoms with van der Waals surface area (Å²) in [5.74, 6) is 0.358. The molecule has 0 saturated carbocycles. The predicted molar refractivity (Wildman–Crippen MR) is 114 cm³/mol. The van der Waals surface area contributed by atoms with Crippen molar-refractivity contribution in [2.24, 2.45) is 0 Å². The van der Waals surface area contributed by atoms with E-state index in [1.54, 1.807) is 66.7 Å². The molecular formula is C22H14Cl2N2O2. The summed E-state index contributed by atoms with van der Waals surface area (Å²) in [4.78, 5) is 17.8. The van der Waals surface area contributed by atoms with Crippen LogP contribution in [0.4, 0.5) is 0 Å². The summed E-state index contributed by atoms with van der Waals surface area (Å²) >= 11 is 12.2. The van der Waals surface area contributed by atoms with Crippen LogP contribution in [0.25, 0.3) is 28.7 Å². The molecule has 0 bridgehead atoms. The Bertz CT molecular complexity index is 1280. The van der Waals surface area contributed by atoms with Gasteiger partial charge in [-0.3, -0.25) is 9.36 Å². The van der Waals surface area contributed by atoms with Crippen LogP contribution in [0.5, 0.6) is 5.75 Å². The molecule has 0 amide bonds. The number of hydrogen-bond acceptors (Lipinski definition) is 3. The third-order valence-electron chi connectivity index (χ3n) is 4.30. The Labute approximate surface area is 170 Å². The first kappa shape index (κ1) is 18.3. The molecule has 0 radical (unpaired) electrons. The van der Waals surface area contributed by atoms with Crippen molar-refractivity contribution in [1.29, 1.82) is 0 Å². The van der Waals surface area contributed by atoms with E-state index in [1.165, 1.54) is 10.6 Å². The van der Waals surface area contributed by atoms with E-state index >= 15 is 0 Å². The molecule has 1 heterocycles. The zero-order valence-corrected chi connectivity index (χ0v) is 16.0. The standard InChI is InChI=1S/C22H14Cl2N2O2/c23-15-11-9-14(17(24)13-15)10-12-21-25-18-6-2-1-5-16(18)22(28)26(21)19-7-3-4-8-20(19)27/h1-13,27H. The van der Waals surface area contributed by atoms with Gasteiger partial charge in [0.15, 0.2) is 0 Å². The van der Waals surface area contributed by atoms with Gasteiger partial charge >= 0.3 is 0 Å². The first-order valence-electron chi connectivity index (χ1n) is 8.48. The minimum Gasteiger partial charge on any atom is -0.506 e. The van der Waals surface area contributed by atoms with Gasteiger partial charge in [-0.2, -0.15) is 0 Å². The van der Waals surface area contributed by atoms with Crippen molar-refractivity contribution in [3.05, 3.63) is 98.5 Å². The third kappa shape index (κ3) is 3.40. The van der Waals surface area contributed by atoms with Crippen molar-refractivity contribution in [3.8, 4) is 11.4 Å². The molecule has 3 aromatic carbocycles. The predicted octanol–water partition coefficient (Wildman–Crippen LogP) is 5.57. The first-order chi connectivity index (χ1) is 13.5. The van der Waals surface area contributed by atoms with Gasteiger partial charge in [-0.15, -0.1) is 0 Å². The van der Waals surface area contributed by atoms with Crippen molar-refractivity contribution in [2.75, 3.05) is 0 Å². The molecule has 0 saturated heterocycles. The molecule has 0 unspecified atom stereocenters. The quantitative estimate of drug-likeness (QED) is 0.482. The third-order valence-corrected chi connectivity index (χ3v) is 4.86. The number of aromatic hydroxyl groups is 1. The van der Waals surface area contributed by atoms with Gasteiger partial charge in [0.1, 0.15) is 11.6 Å². The van der Waals surface area contributed by atoms with Gasteiger partial charge in [0.2, 0.25) is 0 Å². The first-order valence-corrected chi connectivity index (χ1v) is 9.23. The monoisotopic (exact) mass is 408 g/mol. The number of phenolic OH excluding ortho intramolecular Hbond substituents is 1. The van der Waals surface area contributed by atoms with Crippen LogP contribution in [0.2, 0.25) is 10.0 Å². The second-order valence-electron chi connectivity index (χ2n) is 6.12. The molecule has 1 N–H and O–H groups in total. The number of nitrogens with zero attached hydrogens (tertiary/aromatic N) is 2. The van der Waals surface area contributed by atoms with Gasteiger partial charge in [0.25, 0.3) is 5.56 Å². The minimum absolute atomic E-state index is 0.0131. The maximum Gasteiger partial charge on any atom is 0.266 e. The number of halogens is 2. The van der Waals surface area contributed by atoms with E-state index in [2.05, 4.69) is 4.98 Å². The lowest BCUT2D eigenvalue weighted by molar-refractivity contribution is 0.471. The lowest BCUT2D eigenvalue weighted by Gasteiger charge is -2.12. The average molecular weight is 409 g/mol. The summed E-state index contributed by atoms with van der Waals surface area (Å²) < 4.78 is 1.39. The van der Waals surface area contributed by atoms with E-state index in [-0.39, 0.29) is 11.3 Å². The van der Waals surface area contributed by atoms with Crippen LogP contribution in [0.1, 0.15) is 11.4 Å². The molecule has 0 spiro atoms. The highest BCUT2D eigenvalue weighted by Gasteiger charge is 2.13. The van der Waals surface area contributed by atoms with Gasteiger partial charge in [0.05, 0.1) is 16.6 Å². The van der Waals surface area contributed by atoms with Crippen molar-refractivity contribution in [3.63, 3.8) is 0 Å². The van der Waals surface area contributed by atoms with Crippen molar-refractivity contribution >= 4 is 46.3 Å². The van der Waals surface area contributed by atoms with Gasteiger partial charge in [-0.1, -0.05) is 53.5 Å². The fourth-order valence-electron chi connectivity index (χ4n) is 2.95. The number of hydrogen-bond donors (Lipinski definition) is 1. The molecule has 4 aromatic rings. The fourth-order valence-corrected chi connectivity index (χ4v) is 3.42. The summed E-state index contributed by atoms with van der Waals surface area (Å²) in [5, 5.41) is 11.8. The van der Waals surface area contributed by atoms with E-state index < -0.39 is 0 Å². The topological polar surface area (TPSA) is 55.1 Å². The summed E-state index contributed by atoms with van der Waals surface area (Å²) in [7, 11) is 0. The largest absolute Gasteiger partial charge is 0.506 e. The second kappa shape index (κ2) is 7.50. The summed E-state index contributed by atoms with van der Waals surface area (Å²) in [5.41, 5.74) is 1.39. The summed E-state index contributed by atoms with van der Waals surface area (Å²) in [6.45, 7) is 0. The van der Waals surface area contributed by atoms with Gasteiger partial charge < -0.3 is 5.11 Å². The van der Waals surface area contributed by atoms with Crippen molar-refractivity contribution in [2.45, 2.75) is 0 Å². The zero-order chi connectivity index (χ0) is 19.7. The van der Waals surface area contributed by atoms with Crippen LogP contribution >= 0.6 is 23.2 Å². The average Bonchev–Trinajstić information content (AvgIpc) is 2.68. The molecule has 4 rings (SSSR count). The molecule has 6 heteroatoms. The highest BCUT2D eigenvalue weighted by Crippen LogP contribution is 2.25. The van der Waals surface area contributed by atoms with Crippen LogP contribution in [-0.4, -0.2) is 14.7 Å². The van der Waals surface area contributed by atoms with Crippen molar-refractivity contribution in [1.82, 2.24) is 9.55 Å². The summed E-state index contributed by atoms with van der Waals surface area (Å²) in [6, 6.07) is 18.9. The van der Waals surface area contributed by atoms with Crippen LogP contribution in [-0.2, 0) is 0 Å². The lowest BCUT2D eigenvalue weighted by Crippen LogP contribution is -2.22. The Morgan fingerprint density at radius 1 is 0.929 bits per heavy atom. The van der Waals surface area contributed by atoms with E-state index in [1.807, 2.05) is 6.07 Å². The summed E-state index contributed by atoms with van der Waals surface area (Å²) in [6.07, 6.45) is 3.45. The van der Waals surface area contributed by atoms with Crippen LogP contribution in [0.3, 0.4) is 0 Å². The molecule has 0 fully saturated rings. The van der Waals surface area contributed by atoms with E-state index in [0.29, 0.717) is 32.5 Å². The second-order valence-corrected chi connectivity index (χ2v) is 6.96. The number of para-hydroxylation sites is 3. The van der Waals surface area contributed by atoms with Gasteiger partial charge in [0, 0.05) is 10.0 Å². The van der Waals surface area contributed by atoms with E-state index in [4.69, 9.17) is 23.2 Å². The molecule has 0 aliphatic heterocycles. The Morgan fingerprint density at radius 3 is 2.46 bits per heavy atom. The van der Waals surface area contributed by atoms with Crippen LogP contribution in [0, 0.1) is 0 Å². The van der Waals surface area contributed by atoms with Gasteiger partial charge in [-0.25, -0.2) is 4.98 Å². The Kier molecular flexibility index (Phi) is 4.90. The van der Waals surface area contributed by atoms with E-state index in [0.717, 1.165) is 5.56 Å². The molecular weight excluding hydrogens is 395 g/mol. The van der Waals surface area contributed by atoms with Gasteiger partial charge in [-0.05, 0) is 54.1 Å². The molecule has 1 aromatic heterocycles. The number of fused-ring (bicyclic) bond motifs is 1. The maximum atomic E-state index is 13.2. The highest BCUT2D eigenvalue weighted by atomic mass is 35.5. The normalized spacial score (nSPS) is 11.4. The van der Waals surface area contributed by atoms with Crippen molar-refractivity contribution < 1.29 is 5.11 Å². The smallest absolute Gasteiger partial charge is 0.266 e. The lowest BCUT2D eigenvalue weighted by atomic mass is 10.2. The zero-order valence-electron chi connectivity index (χ0n) is 14.5. The molecule has 0 aliphatic carbocycles. The SMILES string of the molecule is O=c1c2ccccc2nc(C=Cc2ccc(Cl)cc2Cl)n1-c1ccccc1O. The Morgan fingerprint density at radius 2 is 1.68 bits per heavy atom. The van der Waals surface area contributed by atoms with Crippen LogP contribution in [0.15, 0.2) is 71.5 Å². The number of benzene rings is 3. The molecule has 0 atom stereocenters. The fraction of sp³-hybridized carbons (Fsp3) is 0. The van der Waals surface area contributed by atoms with E-state index in [9.17, 15) is 9.90 Å². The molecule has 138 valence electrons. The minimum atomic E-state index is -0.269. The molecule has 0 aliphatic rings. The molecule has 28 heavy (non-hydrogen) atoms. The van der Waals surface area contributed by atoms with Crippen LogP contribution < -0.4 is 5.56 Å². The number of rotatable bonds is 3. The Balaban J connectivity index is 1.96. The maximum absolute atomic E-state index is 13.2.